The van der Waals surface area contributed by atoms with Crippen LogP contribution in [0, 0.1) is 10.1 Å². The summed E-state index contributed by atoms with van der Waals surface area (Å²) in [5.41, 5.74) is 1.42. The maximum atomic E-state index is 11.5. The number of nitro benzene ring substituents is 1. The van der Waals surface area contributed by atoms with E-state index in [4.69, 9.17) is 4.74 Å². The van der Waals surface area contributed by atoms with Gasteiger partial charge >= 0.3 is 5.69 Å². The molecular formula is C15H23N3O3. The Labute approximate surface area is 125 Å². The van der Waals surface area contributed by atoms with E-state index in [0.29, 0.717) is 31.1 Å². The lowest BCUT2D eigenvalue weighted by Gasteiger charge is -2.39. The van der Waals surface area contributed by atoms with Crippen LogP contribution in [0.1, 0.15) is 27.2 Å². The van der Waals surface area contributed by atoms with Gasteiger partial charge in [0.2, 0.25) is 0 Å². The van der Waals surface area contributed by atoms with E-state index in [9.17, 15) is 10.1 Å². The third-order valence-corrected chi connectivity index (χ3v) is 3.81. The lowest BCUT2D eigenvalue weighted by Crippen LogP contribution is -2.48. The van der Waals surface area contributed by atoms with E-state index in [-0.39, 0.29) is 22.8 Å². The number of nitrogens with zero attached hydrogens (tertiary/aromatic N) is 2. The summed E-state index contributed by atoms with van der Waals surface area (Å²) in [6.07, 6.45) is 0.977. The normalized spacial score (nSPS) is 22.1. The first-order chi connectivity index (χ1) is 10.1. The van der Waals surface area contributed by atoms with E-state index < -0.39 is 0 Å². The van der Waals surface area contributed by atoms with E-state index in [1.807, 2.05) is 26.0 Å². The van der Waals surface area contributed by atoms with Crippen molar-refractivity contribution in [3.63, 3.8) is 0 Å². The Morgan fingerprint density at radius 3 is 2.86 bits per heavy atom. The largest absolute Gasteiger partial charge is 0.380 e. The first-order valence-corrected chi connectivity index (χ1v) is 7.48. The molecule has 2 unspecified atom stereocenters. The zero-order valence-electron chi connectivity index (χ0n) is 12.8. The fourth-order valence-electron chi connectivity index (χ4n) is 2.77. The van der Waals surface area contributed by atoms with Crippen molar-refractivity contribution in [2.24, 2.45) is 0 Å². The van der Waals surface area contributed by atoms with Crippen LogP contribution in [0.2, 0.25) is 0 Å². The minimum Gasteiger partial charge on any atom is -0.380 e. The van der Waals surface area contributed by atoms with Gasteiger partial charge in [0, 0.05) is 13.1 Å². The van der Waals surface area contributed by atoms with Crippen molar-refractivity contribution in [3.05, 3.63) is 28.3 Å². The van der Waals surface area contributed by atoms with Gasteiger partial charge in [-0.2, -0.15) is 0 Å². The summed E-state index contributed by atoms with van der Waals surface area (Å²) in [6, 6.07) is 5.64. The molecule has 6 nitrogen and oxygen atoms in total. The molecule has 0 bridgehead atoms. The third-order valence-electron chi connectivity index (χ3n) is 3.81. The molecule has 1 heterocycles. The van der Waals surface area contributed by atoms with Crippen LogP contribution in [0.4, 0.5) is 17.1 Å². The monoisotopic (exact) mass is 293 g/mol. The number of nitro groups is 1. The number of benzene rings is 1. The molecular weight excluding hydrogens is 270 g/mol. The number of anilines is 2. The quantitative estimate of drug-likeness (QED) is 0.667. The number of hydrogen-bond donors (Lipinski definition) is 1. The highest BCUT2D eigenvalue weighted by Gasteiger charge is 2.31. The molecule has 2 atom stereocenters. The van der Waals surface area contributed by atoms with Crippen molar-refractivity contribution < 1.29 is 9.66 Å². The molecule has 0 aliphatic carbocycles. The highest BCUT2D eigenvalue weighted by atomic mass is 16.6. The van der Waals surface area contributed by atoms with Crippen LogP contribution in [0.25, 0.3) is 0 Å². The van der Waals surface area contributed by atoms with Crippen LogP contribution in [0.5, 0.6) is 0 Å². The molecule has 1 aromatic rings. The van der Waals surface area contributed by atoms with Gasteiger partial charge in [-0.15, -0.1) is 0 Å². The second-order valence-corrected chi connectivity index (χ2v) is 5.32. The average molecular weight is 293 g/mol. The van der Waals surface area contributed by atoms with E-state index in [1.165, 1.54) is 0 Å². The van der Waals surface area contributed by atoms with Crippen molar-refractivity contribution in [2.75, 3.05) is 29.9 Å². The van der Waals surface area contributed by atoms with Gasteiger partial charge in [0.15, 0.2) is 0 Å². The molecule has 0 radical (unpaired) electrons. The molecule has 1 fully saturated rings. The van der Waals surface area contributed by atoms with Gasteiger partial charge in [0.05, 0.1) is 23.7 Å². The Kier molecular flexibility index (Phi) is 5.01. The molecule has 21 heavy (non-hydrogen) atoms. The predicted molar refractivity (Wildman–Crippen MR) is 84.1 cm³/mol. The van der Waals surface area contributed by atoms with Gasteiger partial charge in [-0.25, -0.2) is 0 Å². The van der Waals surface area contributed by atoms with E-state index >= 15 is 0 Å². The molecule has 2 rings (SSSR count). The van der Waals surface area contributed by atoms with Crippen molar-refractivity contribution in [2.45, 2.75) is 39.3 Å². The van der Waals surface area contributed by atoms with Crippen LogP contribution in [0.3, 0.4) is 0 Å². The van der Waals surface area contributed by atoms with Gasteiger partial charge in [-0.1, -0.05) is 13.0 Å². The highest BCUT2D eigenvalue weighted by molar-refractivity contribution is 5.77. The summed E-state index contributed by atoms with van der Waals surface area (Å²) in [4.78, 5) is 13.4. The summed E-state index contributed by atoms with van der Waals surface area (Å²) >= 11 is 0. The maximum absolute atomic E-state index is 11.5. The summed E-state index contributed by atoms with van der Waals surface area (Å²) in [7, 11) is 0. The Balaban J connectivity index is 2.45. The number of ether oxygens (including phenoxy) is 1. The van der Waals surface area contributed by atoms with Crippen molar-refractivity contribution in [1.82, 2.24) is 0 Å². The average Bonchev–Trinajstić information content (AvgIpc) is 2.47. The zero-order chi connectivity index (χ0) is 15.4. The number of rotatable bonds is 5. The van der Waals surface area contributed by atoms with Crippen LogP contribution in [-0.4, -0.2) is 36.8 Å². The SMILES string of the molecule is CCNc1cccc(N2CC(C)OCC2CC)c1[N+](=O)[O-]. The standard InChI is InChI=1S/C15H23N3O3/c1-4-12-10-21-11(3)9-17(12)14-8-6-7-13(16-5-2)15(14)18(19)20/h6-8,11-12,16H,4-5,9-10H2,1-3H3. The van der Waals surface area contributed by atoms with Gasteiger partial charge < -0.3 is 15.0 Å². The van der Waals surface area contributed by atoms with Gasteiger partial charge in [-0.05, 0) is 32.4 Å². The smallest absolute Gasteiger partial charge is 0.315 e. The minimum atomic E-state index is -0.291. The number of hydrogen-bond acceptors (Lipinski definition) is 5. The zero-order valence-corrected chi connectivity index (χ0v) is 12.8. The van der Waals surface area contributed by atoms with Gasteiger partial charge in [0.25, 0.3) is 0 Å². The Hall–Kier alpha value is -1.82. The lowest BCUT2D eigenvalue weighted by molar-refractivity contribution is -0.383. The minimum absolute atomic E-state index is 0.0789. The van der Waals surface area contributed by atoms with Crippen LogP contribution >= 0.6 is 0 Å². The molecule has 1 saturated heterocycles. The first-order valence-electron chi connectivity index (χ1n) is 7.48. The summed E-state index contributed by atoms with van der Waals surface area (Å²) in [5, 5.41) is 14.6. The fraction of sp³-hybridized carbons (Fsp3) is 0.600. The summed E-state index contributed by atoms with van der Waals surface area (Å²) in [5.74, 6) is 0. The van der Waals surface area contributed by atoms with Crippen molar-refractivity contribution in [1.29, 1.82) is 0 Å². The Bertz CT molecular complexity index is 507. The highest BCUT2D eigenvalue weighted by Crippen LogP contribution is 2.37. The number of morpholine rings is 1. The Morgan fingerprint density at radius 2 is 2.24 bits per heavy atom. The van der Waals surface area contributed by atoms with Crippen LogP contribution in [-0.2, 0) is 4.74 Å². The van der Waals surface area contributed by atoms with Crippen LogP contribution < -0.4 is 10.2 Å². The molecule has 1 N–H and O–H groups in total. The maximum Gasteiger partial charge on any atom is 0.315 e. The molecule has 1 aliphatic rings. The van der Waals surface area contributed by atoms with Gasteiger partial charge in [-0.3, -0.25) is 10.1 Å². The van der Waals surface area contributed by atoms with Gasteiger partial charge in [0.1, 0.15) is 11.4 Å². The molecule has 0 aromatic heterocycles. The predicted octanol–water partition coefficient (Wildman–Crippen LogP) is 3.03. The topological polar surface area (TPSA) is 67.6 Å². The third kappa shape index (κ3) is 3.26. The summed E-state index contributed by atoms with van der Waals surface area (Å²) < 4.78 is 5.68. The second-order valence-electron chi connectivity index (χ2n) is 5.32. The second kappa shape index (κ2) is 6.76. The van der Waals surface area contributed by atoms with E-state index in [0.717, 1.165) is 6.42 Å². The van der Waals surface area contributed by atoms with Crippen LogP contribution in [0.15, 0.2) is 18.2 Å². The number of nitrogens with one attached hydrogen (secondary N) is 1. The summed E-state index contributed by atoms with van der Waals surface area (Å²) in [6.45, 7) is 7.95. The molecule has 0 spiro atoms. The molecule has 0 saturated carbocycles. The molecule has 0 amide bonds. The first kappa shape index (κ1) is 15.6. The van der Waals surface area contributed by atoms with E-state index in [1.54, 1.807) is 6.07 Å². The molecule has 1 aromatic carbocycles. The van der Waals surface area contributed by atoms with Crippen molar-refractivity contribution in [3.8, 4) is 0 Å². The van der Waals surface area contributed by atoms with E-state index in [2.05, 4.69) is 17.1 Å². The lowest BCUT2D eigenvalue weighted by atomic mass is 10.1. The Morgan fingerprint density at radius 1 is 1.48 bits per heavy atom. The molecule has 1 aliphatic heterocycles. The molecule has 116 valence electrons. The molecule has 6 heteroatoms. The fourth-order valence-corrected chi connectivity index (χ4v) is 2.77. The van der Waals surface area contributed by atoms with Crippen molar-refractivity contribution >= 4 is 17.1 Å². The number of para-hydroxylation sites is 1.